The Morgan fingerprint density at radius 3 is 2.54 bits per heavy atom. The Kier molecular flexibility index (Phi) is 2.04. The molecule has 1 aliphatic carbocycles. The van der Waals surface area contributed by atoms with Gasteiger partial charge in [-0.15, -0.1) is 3.89 Å². The quantitative estimate of drug-likeness (QED) is 0.460. The average Bonchev–Trinajstić information content (AvgIpc) is 2.78. The molecule has 0 aromatic rings. The highest BCUT2D eigenvalue weighted by molar-refractivity contribution is 7.87. The first-order valence-corrected chi connectivity index (χ1v) is 4.76. The minimum Gasteiger partial charge on any atom is -0.468 e. The van der Waals surface area contributed by atoms with Crippen LogP contribution in [0, 0.1) is 16.7 Å². The van der Waals surface area contributed by atoms with Crippen molar-refractivity contribution in [2.24, 2.45) is 5.41 Å². The zero-order valence-electron chi connectivity index (χ0n) is 6.65. The van der Waals surface area contributed by atoms with Crippen molar-refractivity contribution >= 4 is 16.2 Å². The van der Waals surface area contributed by atoms with Crippen LogP contribution in [0.15, 0.2) is 0 Å². The molecule has 1 fully saturated rings. The van der Waals surface area contributed by atoms with E-state index in [2.05, 4.69) is 4.74 Å². The maximum Gasteiger partial charge on any atom is 0.327 e. The molecule has 0 bridgehead atoms. The van der Waals surface area contributed by atoms with Crippen LogP contribution in [0.3, 0.4) is 0 Å². The Morgan fingerprint density at radius 2 is 2.31 bits per heavy atom. The maximum absolute atomic E-state index is 12.4. The third-order valence-corrected chi connectivity index (χ3v) is 3.23. The number of methoxy groups -OCH3 is 1. The van der Waals surface area contributed by atoms with E-state index in [1.54, 1.807) is 0 Å². The molecule has 0 aliphatic heterocycles. The van der Waals surface area contributed by atoms with E-state index in [-0.39, 0.29) is 6.42 Å². The highest BCUT2D eigenvalue weighted by Gasteiger charge is 2.69. The van der Waals surface area contributed by atoms with E-state index < -0.39 is 26.9 Å². The first kappa shape index (κ1) is 9.92. The number of halogens is 1. The van der Waals surface area contributed by atoms with Crippen LogP contribution in [0.25, 0.3) is 0 Å². The molecule has 0 aromatic carbocycles. The normalized spacial score (nSPS) is 31.9. The van der Waals surface area contributed by atoms with E-state index in [4.69, 9.17) is 5.26 Å². The van der Waals surface area contributed by atoms with Crippen LogP contribution in [-0.4, -0.2) is 26.7 Å². The molecule has 5 nitrogen and oxygen atoms in total. The number of rotatable bonds is 2. The molecule has 0 saturated heterocycles. The molecule has 2 unspecified atom stereocenters. The summed E-state index contributed by atoms with van der Waals surface area (Å²) < 4.78 is 37.3. The first-order chi connectivity index (χ1) is 5.88. The van der Waals surface area contributed by atoms with Gasteiger partial charge in [-0.25, -0.2) is 0 Å². The van der Waals surface area contributed by atoms with Crippen LogP contribution in [-0.2, 0) is 19.8 Å². The van der Waals surface area contributed by atoms with Crippen molar-refractivity contribution in [2.75, 3.05) is 7.11 Å². The minimum atomic E-state index is -4.83. The van der Waals surface area contributed by atoms with Gasteiger partial charge in [-0.05, 0) is 6.42 Å². The zero-order valence-corrected chi connectivity index (χ0v) is 7.47. The van der Waals surface area contributed by atoms with Gasteiger partial charge in [-0.3, -0.25) is 4.79 Å². The third-order valence-electron chi connectivity index (χ3n) is 1.99. The summed E-state index contributed by atoms with van der Waals surface area (Å²) in [5, 5.41) is 6.95. The standard InChI is InChI=1S/C6H6FNO4S/c1-12-5(9)6(3-8)2-4(6)13(7,10)11/h4H,2H2,1H3. The van der Waals surface area contributed by atoms with Gasteiger partial charge in [-0.2, -0.15) is 13.7 Å². The summed E-state index contributed by atoms with van der Waals surface area (Å²) in [6.45, 7) is 0. The second-order valence-electron chi connectivity index (χ2n) is 2.74. The summed E-state index contributed by atoms with van der Waals surface area (Å²) in [5.74, 6) is -0.999. The Morgan fingerprint density at radius 1 is 1.77 bits per heavy atom. The van der Waals surface area contributed by atoms with Crippen LogP contribution in [0.4, 0.5) is 3.89 Å². The van der Waals surface area contributed by atoms with Crippen LogP contribution in [0.5, 0.6) is 0 Å². The number of esters is 1. The van der Waals surface area contributed by atoms with Gasteiger partial charge < -0.3 is 4.74 Å². The van der Waals surface area contributed by atoms with Crippen molar-refractivity contribution in [1.82, 2.24) is 0 Å². The van der Waals surface area contributed by atoms with Crippen molar-refractivity contribution in [1.29, 1.82) is 5.26 Å². The summed E-state index contributed by atoms with van der Waals surface area (Å²) in [5.41, 5.74) is -1.82. The fraction of sp³-hybridized carbons (Fsp3) is 0.667. The topological polar surface area (TPSA) is 84.2 Å². The van der Waals surface area contributed by atoms with Crippen molar-refractivity contribution in [3.05, 3.63) is 0 Å². The SMILES string of the molecule is COC(=O)C1(C#N)CC1S(=O)(=O)F. The Bertz CT molecular complexity index is 384. The second kappa shape index (κ2) is 2.67. The van der Waals surface area contributed by atoms with Crippen molar-refractivity contribution in [3.8, 4) is 6.07 Å². The van der Waals surface area contributed by atoms with Gasteiger partial charge in [0.1, 0.15) is 5.25 Å². The molecule has 13 heavy (non-hydrogen) atoms. The fourth-order valence-electron chi connectivity index (χ4n) is 1.13. The van der Waals surface area contributed by atoms with Gasteiger partial charge in [0.05, 0.1) is 13.2 Å². The molecule has 2 atom stereocenters. The van der Waals surface area contributed by atoms with E-state index >= 15 is 0 Å². The van der Waals surface area contributed by atoms with E-state index in [9.17, 15) is 17.1 Å². The van der Waals surface area contributed by atoms with E-state index in [0.717, 1.165) is 7.11 Å². The summed E-state index contributed by atoms with van der Waals surface area (Å²) in [4.78, 5) is 10.9. The van der Waals surface area contributed by atoms with Gasteiger partial charge >= 0.3 is 16.2 Å². The highest BCUT2D eigenvalue weighted by atomic mass is 32.3. The van der Waals surface area contributed by atoms with Crippen LogP contribution in [0.2, 0.25) is 0 Å². The Labute approximate surface area is 74.3 Å². The first-order valence-electron chi connectivity index (χ1n) is 3.31. The van der Waals surface area contributed by atoms with Crippen molar-refractivity contribution < 1.29 is 21.8 Å². The Hall–Kier alpha value is -1.16. The molecule has 1 saturated carbocycles. The molecule has 7 heteroatoms. The number of nitrogens with zero attached hydrogens (tertiary/aromatic N) is 1. The van der Waals surface area contributed by atoms with Crippen molar-refractivity contribution in [3.63, 3.8) is 0 Å². The van der Waals surface area contributed by atoms with Gasteiger partial charge in [0, 0.05) is 0 Å². The zero-order chi connectivity index (χ0) is 10.3. The predicted octanol–water partition coefficient (Wildman–Crippen LogP) is -0.259. The highest BCUT2D eigenvalue weighted by Crippen LogP contribution is 2.51. The monoisotopic (exact) mass is 207 g/mol. The number of nitriles is 1. The van der Waals surface area contributed by atoms with Gasteiger partial charge in [0.25, 0.3) is 0 Å². The van der Waals surface area contributed by atoms with Gasteiger partial charge in [-0.1, -0.05) is 0 Å². The molecule has 0 aromatic heterocycles. The van der Waals surface area contributed by atoms with Gasteiger partial charge in [0.15, 0.2) is 5.41 Å². The van der Waals surface area contributed by atoms with E-state index in [1.807, 2.05) is 0 Å². The maximum atomic E-state index is 12.4. The number of hydrogen-bond donors (Lipinski definition) is 0. The molecule has 1 aliphatic rings. The van der Waals surface area contributed by atoms with Gasteiger partial charge in [0.2, 0.25) is 0 Å². The molecule has 0 heterocycles. The lowest BCUT2D eigenvalue weighted by molar-refractivity contribution is -0.144. The molecule has 0 N–H and O–H groups in total. The summed E-state index contributed by atoms with van der Waals surface area (Å²) in [6.07, 6.45) is -0.324. The smallest absolute Gasteiger partial charge is 0.327 e. The summed E-state index contributed by atoms with van der Waals surface area (Å²) >= 11 is 0. The number of carbonyl (C=O) groups excluding carboxylic acids is 1. The molecular formula is C6H6FNO4S. The molecule has 0 spiro atoms. The number of ether oxygens (including phenoxy) is 1. The number of hydrogen-bond acceptors (Lipinski definition) is 5. The molecule has 0 amide bonds. The molecule has 1 rings (SSSR count). The van der Waals surface area contributed by atoms with E-state index in [0.29, 0.717) is 0 Å². The van der Waals surface area contributed by atoms with E-state index in [1.165, 1.54) is 6.07 Å². The molecule has 0 radical (unpaired) electrons. The molecule has 72 valence electrons. The van der Waals surface area contributed by atoms with Crippen LogP contribution in [0.1, 0.15) is 6.42 Å². The summed E-state index contributed by atoms with van der Waals surface area (Å²) in [7, 11) is -3.81. The van der Waals surface area contributed by atoms with Crippen molar-refractivity contribution in [2.45, 2.75) is 11.7 Å². The summed E-state index contributed by atoms with van der Waals surface area (Å²) in [6, 6.07) is 1.47. The lowest BCUT2D eigenvalue weighted by Crippen LogP contribution is -2.22. The average molecular weight is 207 g/mol. The lowest BCUT2D eigenvalue weighted by atomic mass is 10.1. The largest absolute Gasteiger partial charge is 0.468 e. The predicted molar refractivity (Wildman–Crippen MR) is 38.5 cm³/mol. The molecular weight excluding hydrogens is 201 g/mol. The Balaban J connectivity index is 2.96. The van der Waals surface area contributed by atoms with Crippen LogP contribution >= 0.6 is 0 Å². The third kappa shape index (κ3) is 1.37. The lowest BCUT2D eigenvalue weighted by Gasteiger charge is -2.02. The minimum absolute atomic E-state index is 0.324. The number of carbonyl (C=O) groups is 1. The van der Waals surface area contributed by atoms with Crippen LogP contribution < -0.4 is 0 Å². The second-order valence-corrected chi connectivity index (χ2v) is 4.26. The fourth-order valence-corrected chi connectivity index (χ4v) is 2.23.